The lowest BCUT2D eigenvalue weighted by atomic mass is 10.1. The monoisotopic (exact) mass is 388 g/mol. The highest BCUT2D eigenvalue weighted by molar-refractivity contribution is 5.85. The van der Waals surface area contributed by atoms with Gasteiger partial charge in [-0.1, -0.05) is 42.5 Å². The van der Waals surface area contributed by atoms with Gasteiger partial charge in [-0.15, -0.1) is 12.4 Å². The summed E-state index contributed by atoms with van der Waals surface area (Å²) >= 11 is 0. The molecule has 0 bridgehead atoms. The Kier molecular flexibility index (Phi) is 8.62. The Bertz CT molecular complexity index is 704. The SMILES string of the molecule is CNC(=O)CN(CCc1cccc(OCc2ccccc2)c1)CC1CC1.Cl. The molecule has 2 aromatic carbocycles. The van der Waals surface area contributed by atoms with Gasteiger partial charge in [0.05, 0.1) is 6.54 Å². The first-order valence-electron chi connectivity index (χ1n) is 9.41. The second kappa shape index (κ2) is 11.0. The Balaban J connectivity index is 0.00000261. The van der Waals surface area contributed by atoms with Crippen LogP contribution >= 0.6 is 12.4 Å². The average molecular weight is 389 g/mol. The Morgan fingerprint density at radius 3 is 2.56 bits per heavy atom. The number of ether oxygens (including phenoxy) is 1. The van der Waals surface area contributed by atoms with Crippen molar-refractivity contribution in [2.75, 3.05) is 26.7 Å². The summed E-state index contributed by atoms with van der Waals surface area (Å²) < 4.78 is 5.92. The molecule has 0 heterocycles. The largest absolute Gasteiger partial charge is 0.489 e. The standard InChI is InChI=1S/C22H28N2O2.ClH/c1-23-22(25)16-24(15-19-10-11-19)13-12-18-8-5-9-21(14-18)26-17-20-6-3-2-4-7-20;/h2-9,14,19H,10-13,15-17H2,1H3,(H,23,25);1H. The molecule has 27 heavy (non-hydrogen) atoms. The minimum atomic E-state index is 0. The summed E-state index contributed by atoms with van der Waals surface area (Å²) in [6.07, 6.45) is 3.52. The van der Waals surface area contributed by atoms with Crippen LogP contribution in [0, 0.1) is 5.92 Å². The lowest BCUT2D eigenvalue weighted by Gasteiger charge is -2.21. The molecule has 0 spiro atoms. The predicted molar refractivity (Wildman–Crippen MR) is 111 cm³/mol. The first-order valence-corrected chi connectivity index (χ1v) is 9.41. The van der Waals surface area contributed by atoms with E-state index in [1.54, 1.807) is 7.05 Å². The first-order chi connectivity index (χ1) is 12.7. The average Bonchev–Trinajstić information content (AvgIpc) is 3.49. The van der Waals surface area contributed by atoms with Crippen molar-refractivity contribution in [1.82, 2.24) is 10.2 Å². The summed E-state index contributed by atoms with van der Waals surface area (Å²) in [7, 11) is 1.70. The molecule has 5 heteroatoms. The van der Waals surface area contributed by atoms with Crippen molar-refractivity contribution in [3.8, 4) is 5.75 Å². The van der Waals surface area contributed by atoms with E-state index in [9.17, 15) is 4.79 Å². The fourth-order valence-corrected chi connectivity index (χ4v) is 3.00. The molecule has 3 rings (SSSR count). The van der Waals surface area contributed by atoms with Crippen LogP contribution < -0.4 is 10.1 Å². The summed E-state index contributed by atoms with van der Waals surface area (Å²) in [5.74, 6) is 1.76. The van der Waals surface area contributed by atoms with Gasteiger partial charge >= 0.3 is 0 Å². The van der Waals surface area contributed by atoms with Crippen molar-refractivity contribution in [3.05, 3.63) is 65.7 Å². The maximum atomic E-state index is 11.7. The van der Waals surface area contributed by atoms with Crippen LogP contribution in [0.5, 0.6) is 5.75 Å². The van der Waals surface area contributed by atoms with Crippen molar-refractivity contribution in [3.63, 3.8) is 0 Å². The number of likely N-dealkylation sites (N-methyl/N-ethyl adjacent to an activating group) is 1. The van der Waals surface area contributed by atoms with Crippen LogP contribution in [-0.2, 0) is 17.8 Å². The van der Waals surface area contributed by atoms with E-state index >= 15 is 0 Å². The van der Waals surface area contributed by atoms with Crippen molar-refractivity contribution in [2.45, 2.75) is 25.9 Å². The molecule has 0 aliphatic heterocycles. The summed E-state index contributed by atoms with van der Waals surface area (Å²) in [5.41, 5.74) is 2.41. The van der Waals surface area contributed by atoms with Gasteiger partial charge in [-0.3, -0.25) is 9.69 Å². The molecule has 1 aliphatic carbocycles. The molecule has 1 saturated carbocycles. The Labute approximate surface area is 168 Å². The molecule has 0 aromatic heterocycles. The molecule has 146 valence electrons. The number of amides is 1. The molecule has 1 fully saturated rings. The minimum Gasteiger partial charge on any atom is -0.489 e. The number of rotatable bonds is 10. The molecule has 0 unspecified atom stereocenters. The number of carbonyl (C=O) groups excluding carboxylic acids is 1. The fraction of sp³-hybridized carbons (Fsp3) is 0.409. The van der Waals surface area contributed by atoms with Crippen LogP contribution in [0.4, 0.5) is 0 Å². The van der Waals surface area contributed by atoms with E-state index in [4.69, 9.17) is 4.74 Å². The topological polar surface area (TPSA) is 41.6 Å². The van der Waals surface area contributed by atoms with Crippen LogP contribution in [0.2, 0.25) is 0 Å². The summed E-state index contributed by atoms with van der Waals surface area (Å²) in [6.45, 7) is 2.98. The molecule has 0 atom stereocenters. The number of nitrogens with zero attached hydrogens (tertiary/aromatic N) is 1. The van der Waals surface area contributed by atoms with Gasteiger partial charge in [-0.25, -0.2) is 0 Å². The Morgan fingerprint density at radius 2 is 1.85 bits per heavy atom. The van der Waals surface area contributed by atoms with E-state index < -0.39 is 0 Å². The molecule has 0 saturated heterocycles. The molecular weight excluding hydrogens is 360 g/mol. The highest BCUT2D eigenvalue weighted by Gasteiger charge is 2.24. The van der Waals surface area contributed by atoms with Gasteiger partial charge in [0, 0.05) is 20.1 Å². The third-order valence-electron chi connectivity index (χ3n) is 4.72. The summed E-state index contributed by atoms with van der Waals surface area (Å²) in [5, 5.41) is 2.73. The second-order valence-corrected chi connectivity index (χ2v) is 7.02. The predicted octanol–water partition coefficient (Wildman–Crippen LogP) is 3.69. The molecule has 1 amide bonds. The number of hydrogen-bond acceptors (Lipinski definition) is 3. The smallest absolute Gasteiger partial charge is 0.233 e. The third-order valence-corrected chi connectivity index (χ3v) is 4.72. The van der Waals surface area contributed by atoms with Crippen LogP contribution in [0.25, 0.3) is 0 Å². The molecule has 1 aliphatic rings. The lowest BCUT2D eigenvalue weighted by molar-refractivity contribution is -0.121. The van der Waals surface area contributed by atoms with E-state index in [0.717, 1.165) is 31.2 Å². The van der Waals surface area contributed by atoms with Crippen molar-refractivity contribution in [2.24, 2.45) is 5.92 Å². The van der Waals surface area contributed by atoms with Gasteiger partial charge in [-0.05, 0) is 48.4 Å². The number of carbonyl (C=O) groups is 1. The summed E-state index contributed by atoms with van der Waals surface area (Å²) in [6, 6.07) is 18.5. The third kappa shape index (κ3) is 7.61. The first kappa shape index (κ1) is 21.3. The Hall–Kier alpha value is -2.04. The number of nitrogens with one attached hydrogen (secondary N) is 1. The van der Waals surface area contributed by atoms with Gasteiger partial charge in [0.1, 0.15) is 12.4 Å². The molecular formula is C22H29ClN2O2. The van der Waals surface area contributed by atoms with Gasteiger partial charge in [0.15, 0.2) is 0 Å². The number of halogens is 1. The highest BCUT2D eigenvalue weighted by Crippen LogP contribution is 2.29. The second-order valence-electron chi connectivity index (χ2n) is 7.02. The zero-order chi connectivity index (χ0) is 18.2. The van der Waals surface area contributed by atoms with Crippen LogP contribution in [0.3, 0.4) is 0 Å². The van der Waals surface area contributed by atoms with E-state index in [1.807, 2.05) is 30.3 Å². The molecule has 1 N–H and O–H groups in total. The van der Waals surface area contributed by atoms with Crippen LogP contribution in [0.15, 0.2) is 54.6 Å². The van der Waals surface area contributed by atoms with Gasteiger partial charge in [-0.2, -0.15) is 0 Å². The highest BCUT2D eigenvalue weighted by atomic mass is 35.5. The zero-order valence-corrected chi connectivity index (χ0v) is 16.7. The van der Waals surface area contributed by atoms with Gasteiger partial charge < -0.3 is 10.1 Å². The maximum absolute atomic E-state index is 11.7. The number of hydrogen-bond donors (Lipinski definition) is 1. The van der Waals surface area contributed by atoms with E-state index in [-0.39, 0.29) is 18.3 Å². The Morgan fingerprint density at radius 1 is 1.11 bits per heavy atom. The van der Waals surface area contributed by atoms with Crippen LogP contribution in [-0.4, -0.2) is 37.5 Å². The van der Waals surface area contributed by atoms with Crippen LogP contribution in [0.1, 0.15) is 24.0 Å². The lowest BCUT2D eigenvalue weighted by Crippen LogP contribution is -2.38. The minimum absolute atomic E-state index is 0. The maximum Gasteiger partial charge on any atom is 0.233 e. The molecule has 2 aromatic rings. The van der Waals surface area contributed by atoms with Crippen molar-refractivity contribution >= 4 is 18.3 Å². The fourth-order valence-electron chi connectivity index (χ4n) is 3.00. The molecule has 4 nitrogen and oxygen atoms in total. The quantitative estimate of drug-likeness (QED) is 0.675. The zero-order valence-electron chi connectivity index (χ0n) is 15.9. The van der Waals surface area contributed by atoms with E-state index in [0.29, 0.717) is 13.2 Å². The van der Waals surface area contributed by atoms with Gasteiger partial charge in [0.25, 0.3) is 0 Å². The molecule has 0 radical (unpaired) electrons. The van der Waals surface area contributed by atoms with Crippen molar-refractivity contribution in [1.29, 1.82) is 0 Å². The van der Waals surface area contributed by atoms with Gasteiger partial charge in [0.2, 0.25) is 5.91 Å². The number of benzene rings is 2. The van der Waals surface area contributed by atoms with E-state index in [2.05, 4.69) is 34.5 Å². The summed E-state index contributed by atoms with van der Waals surface area (Å²) in [4.78, 5) is 14.0. The van der Waals surface area contributed by atoms with Crippen molar-refractivity contribution < 1.29 is 9.53 Å². The van der Waals surface area contributed by atoms with E-state index in [1.165, 1.54) is 24.0 Å². The normalized spacial score (nSPS) is 13.1.